The van der Waals surface area contributed by atoms with E-state index < -0.39 is 5.82 Å². The minimum absolute atomic E-state index is 0.0427. The van der Waals surface area contributed by atoms with Gasteiger partial charge in [0.2, 0.25) is 5.91 Å². The summed E-state index contributed by atoms with van der Waals surface area (Å²) in [5.41, 5.74) is 6.24. The second-order valence-corrected chi connectivity index (χ2v) is 4.30. The number of para-hydroxylation sites is 2. The summed E-state index contributed by atoms with van der Waals surface area (Å²) in [7, 11) is 1.43. The molecular weight excluding hydrogens is 275 g/mol. The molecule has 2 aromatic rings. The lowest BCUT2D eigenvalue weighted by Gasteiger charge is -2.13. The summed E-state index contributed by atoms with van der Waals surface area (Å²) >= 11 is 0. The number of amides is 1. The van der Waals surface area contributed by atoms with Crippen molar-refractivity contribution >= 4 is 17.3 Å². The molecule has 6 heteroatoms. The lowest BCUT2D eigenvalue weighted by molar-refractivity contribution is -0.114. The summed E-state index contributed by atoms with van der Waals surface area (Å²) < 4.78 is 24.4. The highest BCUT2D eigenvalue weighted by atomic mass is 19.1. The van der Waals surface area contributed by atoms with Gasteiger partial charge in [-0.25, -0.2) is 4.39 Å². The van der Waals surface area contributed by atoms with E-state index in [-0.39, 0.29) is 17.3 Å². The molecule has 0 saturated carbocycles. The van der Waals surface area contributed by atoms with Gasteiger partial charge in [-0.3, -0.25) is 4.79 Å². The molecule has 0 fully saturated rings. The maximum absolute atomic E-state index is 13.9. The lowest BCUT2D eigenvalue weighted by atomic mass is 10.2. The monoisotopic (exact) mass is 290 g/mol. The van der Waals surface area contributed by atoms with E-state index in [0.717, 1.165) is 6.07 Å². The van der Waals surface area contributed by atoms with Gasteiger partial charge in [0, 0.05) is 19.1 Å². The fourth-order valence-electron chi connectivity index (χ4n) is 1.77. The van der Waals surface area contributed by atoms with Gasteiger partial charge in [0.1, 0.15) is 5.75 Å². The van der Waals surface area contributed by atoms with Gasteiger partial charge in [-0.15, -0.1) is 0 Å². The van der Waals surface area contributed by atoms with Crippen molar-refractivity contribution in [1.82, 2.24) is 0 Å². The molecule has 0 radical (unpaired) electrons. The topological polar surface area (TPSA) is 73.6 Å². The molecular formula is C15H15FN2O3. The highest BCUT2D eigenvalue weighted by Crippen LogP contribution is 2.35. The second kappa shape index (κ2) is 6.13. The van der Waals surface area contributed by atoms with Crippen LogP contribution in [-0.2, 0) is 4.79 Å². The third-order valence-corrected chi connectivity index (χ3v) is 2.70. The van der Waals surface area contributed by atoms with Gasteiger partial charge < -0.3 is 20.5 Å². The molecule has 0 heterocycles. The average Bonchev–Trinajstić information content (AvgIpc) is 2.43. The van der Waals surface area contributed by atoms with E-state index in [1.165, 1.54) is 20.1 Å². The molecule has 0 aliphatic heterocycles. The Labute approximate surface area is 121 Å². The number of hydrogen-bond acceptors (Lipinski definition) is 4. The van der Waals surface area contributed by atoms with Crippen molar-refractivity contribution in [1.29, 1.82) is 0 Å². The average molecular weight is 290 g/mol. The predicted molar refractivity (Wildman–Crippen MR) is 78.2 cm³/mol. The van der Waals surface area contributed by atoms with E-state index in [0.29, 0.717) is 17.2 Å². The molecule has 0 aromatic heterocycles. The number of hydrogen-bond donors (Lipinski definition) is 2. The van der Waals surface area contributed by atoms with Crippen LogP contribution in [0.5, 0.6) is 17.2 Å². The van der Waals surface area contributed by atoms with Crippen molar-refractivity contribution in [2.75, 3.05) is 18.2 Å². The highest BCUT2D eigenvalue weighted by molar-refractivity contribution is 5.90. The van der Waals surface area contributed by atoms with Gasteiger partial charge in [0.05, 0.1) is 18.5 Å². The van der Waals surface area contributed by atoms with Crippen molar-refractivity contribution in [2.45, 2.75) is 6.92 Å². The zero-order valence-corrected chi connectivity index (χ0v) is 11.6. The van der Waals surface area contributed by atoms with Crippen LogP contribution in [0.4, 0.5) is 15.8 Å². The Kier molecular flexibility index (Phi) is 4.27. The van der Waals surface area contributed by atoms with Gasteiger partial charge >= 0.3 is 0 Å². The first-order valence-corrected chi connectivity index (χ1v) is 6.18. The molecule has 0 aliphatic rings. The number of benzene rings is 2. The van der Waals surface area contributed by atoms with Crippen LogP contribution in [0, 0.1) is 5.82 Å². The molecule has 2 aromatic carbocycles. The van der Waals surface area contributed by atoms with Gasteiger partial charge in [-0.2, -0.15) is 0 Å². The Morgan fingerprint density at radius 2 is 1.90 bits per heavy atom. The van der Waals surface area contributed by atoms with Crippen LogP contribution in [0.1, 0.15) is 6.92 Å². The molecule has 0 saturated heterocycles. The van der Waals surface area contributed by atoms with Crippen LogP contribution in [0.3, 0.4) is 0 Å². The third kappa shape index (κ3) is 3.42. The van der Waals surface area contributed by atoms with Crippen LogP contribution in [0.15, 0.2) is 36.4 Å². The third-order valence-electron chi connectivity index (χ3n) is 2.70. The van der Waals surface area contributed by atoms with Crippen LogP contribution < -0.4 is 20.5 Å². The van der Waals surface area contributed by atoms with E-state index in [1.54, 1.807) is 24.3 Å². The Hall–Kier alpha value is -2.76. The number of nitrogens with one attached hydrogen (secondary N) is 1. The smallest absolute Gasteiger partial charge is 0.221 e. The van der Waals surface area contributed by atoms with E-state index in [9.17, 15) is 9.18 Å². The Morgan fingerprint density at radius 3 is 2.57 bits per heavy atom. The molecule has 0 atom stereocenters. The number of halogens is 1. The number of methoxy groups -OCH3 is 1. The number of nitrogen functional groups attached to an aromatic ring is 1. The van der Waals surface area contributed by atoms with Crippen molar-refractivity contribution in [2.24, 2.45) is 0 Å². The molecule has 0 aliphatic carbocycles. The number of nitrogens with two attached hydrogens (primary N) is 1. The molecule has 1 amide bonds. The number of anilines is 2. The van der Waals surface area contributed by atoms with Crippen molar-refractivity contribution in [3.63, 3.8) is 0 Å². The second-order valence-electron chi connectivity index (χ2n) is 4.30. The molecule has 3 N–H and O–H groups in total. The number of rotatable bonds is 4. The number of carbonyl (C=O) groups is 1. The minimum Gasteiger partial charge on any atom is -0.494 e. The molecule has 0 bridgehead atoms. The summed E-state index contributed by atoms with van der Waals surface area (Å²) in [4.78, 5) is 11.2. The molecule has 2 rings (SSSR count). The van der Waals surface area contributed by atoms with E-state index >= 15 is 0 Å². The van der Waals surface area contributed by atoms with Gasteiger partial charge in [-0.1, -0.05) is 12.1 Å². The molecule has 110 valence electrons. The Bertz CT molecular complexity index is 674. The summed E-state index contributed by atoms with van der Waals surface area (Å²) in [6.45, 7) is 1.38. The van der Waals surface area contributed by atoms with Crippen molar-refractivity contribution < 1.29 is 18.7 Å². The maximum atomic E-state index is 13.9. The predicted octanol–water partition coefficient (Wildman–Crippen LogP) is 3.17. The standard InChI is InChI=1S/C15H15FN2O3/c1-9(19)18-12-5-3-4-6-13(12)21-14-8-15(20-2)11(17)7-10(14)16/h3-8H,17H2,1-2H3,(H,18,19). The van der Waals surface area contributed by atoms with Crippen LogP contribution >= 0.6 is 0 Å². The van der Waals surface area contributed by atoms with E-state index in [1.807, 2.05) is 0 Å². The fraction of sp³-hybridized carbons (Fsp3) is 0.133. The van der Waals surface area contributed by atoms with Crippen LogP contribution in [-0.4, -0.2) is 13.0 Å². The lowest BCUT2D eigenvalue weighted by Crippen LogP contribution is -2.07. The van der Waals surface area contributed by atoms with Crippen molar-refractivity contribution in [3.05, 3.63) is 42.2 Å². The summed E-state index contributed by atoms with van der Waals surface area (Å²) in [6.07, 6.45) is 0. The first kappa shape index (κ1) is 14.6. The maximum Gasteiger partial charge on any atom is 0.221 e. The van der Waals surface area contributed by atoms with E-state index in [4.69, 9.17) is 15.2 Å². The van der Waals surface area contributed by atoms with Crippen LogP contribution in [0.2, 0.25) is 0 Å². The number of ether oxygens (including phenoxy) is 2. The zero-order valence-electron chi connectivity index (χ0n) is 11.6. The van der Waals surface area contributed by atoms with E-state index in [2.05, 4.69) is 5.32 Å². The normalized spacial score (nSPS) is 10.0. The largest absolute Gasteiger partial charge is 0.494 e. The first-order chi connectivity index (χ1) is 10.0. The molecule has 5 nitrogen and oxygen atoms in total. The Balaban J connectivity index is 2.36. The van der Waals surface area contributed by atoms with Crippen molar-refractivity contribution in [3.8, 4) is 17.2 Å². The SMILES string of the molecule is COc1cc(Oc2ccccc2NC(C)=O)c(F)cc1N. The fourth-order valence-corrected chi connectivity index (χ4v) is 1.77. The number of carbonyl (C=O) groups excluding carboxylic acids is 1. The summed E-state index contributed by atoms with van der Waals surface area (Å²) in [6, 6.07) is 9.20. The van der Waals surface area contributed by atoms with Gasteiger partial charge in [0.15, 0.2) is 17.3 Å². The van der Waals surface area contributed by atoms with Gasteiger partial charge in [0.25, 0.3) is 0 Å². The molecule has 0 spiro atoms. The zero-order chi connectivity index (χ0) is 15.4. The van der Waals surface area contributed by atoms with Gasteiger partial charge in [-0.05, 0) is 12.1 Å². The highest BCUT2D eigenvalue weighted by Gasteiger charge is 2.13. The first-order valence-electron chi connectivity index (χ1n) is 6.18. The Morgan fingerprint density at radius 1 is 1.19 bits per heavy atom. The molecule has 21 heavy (non-hydrogen) atoms. The van der Waals surface area contributed by atoms with Crippen LogP contribution in [0.25, 0.3) is 0 Å². The minimum atomic E-state index is -0.620. The molecule has 0 unspecified atom stereocenters. The quantitative estimate of drug-likeness (QED) is 0.848. The summed E-state index contributed by atoms with van der Waals surface area (Å²) in [5.74, 6) is -0.284. The summed E-state index contributed by atoms with van der Waals surface area (Å²) in [5, 5.41) is 2.61.